The highest BCUT2D eigenvalue weighted by Gasteiger charge is 1.88. The van der Waals surface area contributed by atoms with Crippen LogP contribution in [0.15, 0.2) is 15.5 Å². The number of aromatic nitrogens is 1. The second-order valence-electron chi connectivity index (χ2n) is 1.22. The van der Waals surface area contributed by atoms with E-state index >= 15 is 0 Å². The van der Waals surface area contributed by atoms with Gasteiger partial charge in [0.2, 0.25) is 0 Å². The van der Waals surface area contributed by atoms with E-state index in [-0.39, 0.29) is 0 Å². The number of rotatable bonds is 1. The van der Waals surface area contributed by atoms with E-state index in [0.717, 1.165) is 0 Å². The van der Waals surface area contributed by atoms with Crippen molar-refractivity contribution in [1.29, 1.82) is 0 Å². The van der Waals surface area contributed by atoms with Gasteiger partial charge in [0, 0.05) is 5.37 Å². The molecule has 0 bridgehead atoms. The molecular weight excluding hydrogens is 126 g/mol. The molecule has 1 rings (SSSR count). The molecule has 3 nitrogen and oxygen atoms in total. The molecule has 0 atom stereocenters. The minimum Gasteiger partial charge on any atom is -0.416 e. The maximum absolute atomic E-state index is 10.2. The summed E-state index contributed by atoms with van der Waals surface area (Å²) in [7, 11) is 0. The fraction of sp³-hybridized carbons (Fsp3) is 0. The summed E-state index contributed by atoms with van der Waals surface area (Å²) in [6.07, 6.45) is 1.27. The monoisotopic (exact) mass is 129 g/mol. The fourth-order valence-corrected chi connectivity index (χ4v) is 0.466. The second kappa shape index (κ2) is 1.92. The molecule has 0 saturated heterocycles. The lowest BCUT2D eigenvalue weighted by atomic mass is 10.6. The molecule has 0 fully saturated rings. The van der Waals surface area contributed by atoms with Gasteiger partial charge in [-0.05, 0) is 0 Å². The van der Waals surface area contributed by atoms with Crippen LogP contribution in [-0.2, 0) is 0 Å². The Morgan fingerprint density at radius 1 is 1.88 bits per heavy atom. The highest BCUT2D eigenvalue weighted by Crippen LogP contribution is 1.81. The molecule has 0 saturated carbocycles. The van der Waals surface area contributed by atoms with Gasteiger partial charge in [-0.25, -0.2) is 4.79 Å². The Labute approximate surface area is 50.3 Å². The average molecular weight is 129 g/mol. The smallest absolute Gasteiger partial charge is 0.416 e. The Hall–Kier alpha value is -0.900. The second-order valence-corrected chi connectivity index (χ2v) is 1.46. The van der Waals surface area contributed by atoms with Crippen molar-refractivity contribution in [2.75, 3.05) is 0 Å². The first-order valence-corrected chi connectivity index (χ1v) is 2.43. The third kappa shape index (κ3) is 0.840. The number of nitrogens with one attached hydrogen (secondary N) is 1. The van der Waals surface area contributed by atoms with Gasteiger partial charge in [-0.15, -0.1) is 0 Å². The number of H-pyrrole nitrogens is 1. The van der Waals surface area contributed by atoms with Crippen LogP contribution >= 0.6 is 12.2 Å². The molecule has 8 heavy (non-hydrogen) atoms. The van der Waals surface area contributed by atoms with E-state index in [4.69, 9.17) is 0 Å². The number of hydrogen-bond acceptors (Lipinski definition) is 3. The Kier molecular flexibility index (Phi) is 1.26. The molecule has 0 aliphatic rings. The largest absolute Gasteiger partial charge is 0.416 e. The van der Waals surface area contributed by atoms with E-state index < -0.39 is 5.76 Å². The standard InChI is InChI=1S/C4H3NO2S/c6-4-5-3(2-8)1-7-4/h1-2H,(H,5,6). The first kappa shape index (κ1) is 5.24. The van der Waals surface area contributed by atoms with Crippen LogP contribution in [-0.4, -0.2) is 10.4 Å². The molecule has 0 aromatic carbocycles. The van der Waals surface area contributed by atoms with Crippen LogP contribution in [0.4, 0.5) is 0 Å². The van der Waals surface area contributed by atoms with Gasteiger partial charge in [0.1, 0.15) is 6.26 Å². The molecule has 1 aromatic rings. The number of aromatic amines is 1. The van der Waals surface area contributed by atoms with Gasteiger partial charge >= 0.3 is 5.76 Å². The Balaban J connectivity index is 3.18. The van der Waals surface area contributed by atoms with Crippen molar-refractivity contribution >= 4 is 17.6 Å². The molecule has 0 spiro atoms. The maximum Gasteiger partial charge on any atom is 0.416 e. The normalized spacial score (nSPS) is 9.00. The van der Waals surface area contributed by atoms with Crippen LogP contribution in [0.3, 0.4) is 0 Å². The van der Waals surface area contributed by atoms with Gasteiger partial charge in [-0.1, -0.05) is 12.2 Å². The van der Waals surface area contributed by atoms with Gasteiger partial charge < -0.3 is 4.42 Å². The summed E-state index contributed by atoms with van der Waals surface area (Å²) in [6.45, 7) is 0. The summed E-state index contributed by atoms with van der Waals surface area (Å²) >= 11 is 4.48. The predicted molar refractivity (Wildman–Crippen MR) is 32.1 cm³/mol. The highest BCUT2D eigenvalue weighted by atomic mass is 32.1. The van der Waals surface area contributed by atoms with Gasteiger partial charge in [-0.2, -0.15) is 0 Å². The first-order valence-electron chi connectivity index (χ1n) is 1.96. The molecule has 42 valence electrons. The lowest BCUT2D eigenvalue weighted by Crippen LogP contribution is -1.95. The molecule has 0 radical (unpaired) electrons. The van der Waals surface area contributed by atoms with Gasteiger partial charge in [0.05, 0.1) is 5.69 Å². The molecule has 1 N–H and O–H groups in total. The predicted octanol–water partition coefficient (Wildman–Crippen LogP) is 0.316. The molecule has 4 heteroatoms. The topological polar surface area (TPSA) is 46.0 Å². The van der Waals surface area contributed by atoms with Crippen molar-refractivity contribution in [1.82, 2.24) is 4.98 Å². The van der Waals surface area contributed by atoms with Crippen LogP contribution in [0.1, 0.15) is 5.69 Å². The van der Waals surface area contributed by atoms with Gasteiger partial charge in [0.25, 0.3) is 0 Å². The van der Waals surface area contributed by atoms with Crippen LogP contribution in [0.5, 0.6) is 0 Å². The van der Waals surface area contributed by atoms with E-state index in [2.05, 4.69) is 21.6 Å². The van der Waals surface area contributed by atoms with Gasteiger partial charge in [-0.3, -0.25) is 4.98 Å². The van der Waals surface area contributed by atoms with Crippen molar-refractivity contribution in [2.45, 2.75) is 0 Å². The van der Waals surface area contributed by atoms with E-state index in [1.165, 1.54) is 11.6 Å². The van der Waals surface area contributed by atoms with Crippen molar-refractivity contribution in [3.8, 4) is 0 Å². The summed E-state index contributed by atoms with van der Waals surface area (Å²) in [6, 6.07) is 0. The molecule has 0 aliphatic carbocycles. The molecule has 1 aromatic heterocycles. The molecule has 0 amide bonds. The molecule has 1 heterocycles. The summed E-state index contributed by atoms with van der Waals surface area (Å²) in [5, 5.41) is 1.34. The van der Waals surface area contributed by atoms with E-state index in [9.17, 15) is 4.79 Å². The summed E-state index contributed by atoms with van der Waals surface area (Å²) < 4.78 is 4.35. The average Bonchev–Trinajstić information content (AvgIpc) is 2.14. The van der Waals surface area contributed by atoms with E-state index in [1.54, 1.807) is 0 Å². The van der Waals surface area contributed by atoms with E-state index in [1.807, 2.05) is 0 Å². The van der Waals surface area contributed by atoms with Crippen molar-refractivity contribution in [3.63, 3.8) is 0 Å². The Morgan fingerprint density at radius 2 is 2.62 bits per heavy atom. The van der Waals surface area contributed by atoms with Crippen LogP contribution in [0, 0.1) is 0 Å². The lowest BCUT2D eigenvalue weighted by molar-refractivity contribution is 0.515. The minimum absolute atomic E-state index is 0.471. The Bertz CT molecular complexity index is 236. The number of oxazole rings is 1. The zero-order chi connectivity index (χ0) is 5.98. The quantitative estimate of drug-likeness (QED) is 0.555. The molecule has 0 unspecified atom stereocenters. The SMILES string of the molecule is O=c1[nH]c(C=S)co1. The zero-order valence-corrected chi connectivity index (χ0v) is 4.70. The first-order chi connectivity index (χ1) is 3.83. The summed E-state index contributed by atoms with van der Waals surface area (Å²) in [4.78, 5) is 12.5. The Morgan fingerprint density at radius 3 is 2.88 bits per heavy atom. The summed E-state index contributed by atoms with van der Waals surface area (Å²) in [5.41, 5.74) is 0.532. The zero-order valence-electron chi connectivity index (χ0n) is 3.88. The number of hydrogen-bond donors (Lipinski definition) is 1. The third-order valence-corrected chi connectivity index (χ3v) is 0.920. The fourth-order valence-electron chi connectivity index (χ4n) is 0.351. The highest BCUT2D eigenvalue weighted by molar-refractivity contribution is 7.79. The summed E-state index contributed by atoms with van der Waals surface area (Å²) in [5.74, 6) is -0.471. The third-order valence-electron chi connectivity index (χ3n) is 0.666. The minimum atomic E-state index is -0.471. The molecular formula is C4H3NO2S. The van der Waals surface area contributed by atoms with Crippen LogP contribution in [0.25, 0.3) is 0 Å². The van der Waals surface area contributed by atoms with Crippen molar-refractivity contribution < 1.29 is 4.42 Å². The van der Waals surface area contributed by atoms with Crippen molar-refractivity contribution in [3.05, 3.63) is 22.5 Å². The number of thiocarbonyl (C=S) groups is 1. The van der Waals surface area contributed by atoms with Crippen molar-refractivity contribution in [2.24, 2.45) is 0 Å². The van der Waals surface area contributed by atoms with Gasteiger partial charge in [0.15, 0.2) is 0 Å². The van der Waals surface area contributed by atoms with Crippen LogP contribution in [0.2, 0.25) is 0 Å². The maximum atomic E-state index is 10.2. The van der Waals surface area contributed by atoms with Crippen LogP contribution < -0.4 is 5.76 Å². The molecule has 0 aliphatic heterocycles. The van der Waals surface area contributed by atoms with E-state index in [0.29, 0.717) is 5.69 Å². The lowest BCUT2D eigenvalue weighted by Gasteiger charge is -1.67.